The summed E-state index contributed by atoms with van der Waals surface area (Å²) in [6.45, 7) is 7.14. The summed E-state index contributed by atoms with van der Waals surface area (Å²) < 4.78 is 27.4. The summed E-state index contributed by atoms with van der Waals surface area (Å²) in [6, 6.07) is 0. The van der Waals surface area contributed by atoms with E-state index in [0.29, 0.717) is 11.6 Å². The fraction of sp³-hybridized carbons (Fsp3) is 0.538. The highest BCUT2D eigenvalue weighted by Gasteiger charge is 2.24. The van der Waals surface area contributed by atoms with E-state index in [4.69, 9.17) is 0 Å². The Labute approximate surface area is 148 Å². The number of carbonyl (C=O) groups is 1. The molecule has 1 amide bonds. The topological polar surface area (TPSA) is 114 Å². The lowest BCUT2D eigenvalue weighted by atomic mass is 10.1. The number of nitrogens with one attached hydrogen (secondary N) is 2. The largest absolute Gasteiger partial charge is 0.302 e. The number of thiazole rings is 1. The molecule has 0 unspecified atom stereocenters. The van der Waals surface area contributed by atoms with Crippen molar-refractivity contribution in [3.8, 4) is 0 Å². The molecule has 0 aromatic carbocycles. The number of anilines is 2. The van der Waals surface area contributed by atoms with Gasteiger partial charge in [0, 0.05) is 13.3 Å². The zero-order valence-corrected chi connectivity index (χ0v) is 16.2. The molecule has 0 atom stereocenters. The van der Waals surface area contributed by atoms with Crippen LogP contribution in [0.3, 0.4) is 0 Å². The summed E-state index contributed by atoms with van der Waals surface area (Å²) in [5, 5.41) is 11.6. The number of amides is 1. The molecule has 11 heteroatoms. The van der Waals surface area contributed by atoms with E-state index in [-0.39, 0.29) is 20.4 Å². The van der Waals surface area contributed by atoms with Gasteiger partial charge in [-0.25, -0.2) is 13.4 Å². The highest BCUT2D eigenvalue weighted by molar-refractivity contribution is 7.95. The van der Waals surface area contributed by atoms with Crippen LogP contribution in [-0.2, 0) is 21.2 Å². The third-order valence-corrected chi connectivity index (χ3v) is 6.95. The van der Waals surface area contributed by atoms with Crippen LogP contribution in [0.5, 0.6) is 0 Å². The van der Waals surface area contributed by atoms with Crippen molar-refractivity contribution < 1.29 is 13.2 Å². The maximum atomic E-state index is 12.5. The van der Waals surface area contributed by atoms with E-state index >= 15 is 0 Å². The van der Waals surface area contributed by atoms with Gasteiger partial charge in [-0.2, -0.15) is 0 Å². The minimum absolute atomic E-state index is 0.0465. The van der Waals surface area contributed by atoms with Gasteiger partial charge in [0.15, 0.2) is 9.34 Å². The van der Waals surface area contributed by atoms with Crippen molar-refractivity contribution in [1.29, 1.82) is 0 Å². The highest BCUT2D eigenvalue weighted by Crippen LogP contribution is 2.29. The van der Waals surface area contributed by atoms with Crippen molar-refractivity contribution >= 4 is 48.9 Å². The molecule has 0 fully saturated rings. The maximum absolute atomic E-state index is 12.5. The molecule has 2 heterocycles. The molecule has 2 rings (SSSR count). The highest BCUT2D eigenvalue weighted by atomic mass is 32.2. The molecule has 0 aliphatic heterocycles. The number of hydrogen-bond donors (Lipinski definition) is 2. The van der Waals surface area contributed by atoms with E-state index < -0.39 is 10.0 Å². The predicted octanol–water partition coefficient (Wildman–Crippen LogP) is 2.65. The molecular weight excluding hydrogens is 370 g/mol. The molecule has 2 aromatic rings. The quantitative estimate of drug-likeness (QED) is 0.752. The van der Waals surface area contributed by atoms with Crippen LogP contribution >= 0.6 is 22.7 Å². The van der Waals surface area contributed by atoms with Gasteiger partial charge in [0.2, 0.25) is 11.0 Å². The Balaban J connectivity index is 2.14. The average molecular weight is 390 g/mol. The van der Waals surface area contributed by atoms with E-state index in [1.54, 1.807) is 6.92 Å². The first-order chi connectivity index (χ1) is 11.2. The number of aryl methyl sites for hydroxylation is 2. The fourth-order valence-corrected chi connectivity index (χ4v) is 5.25. The van der Waals surface area contributed by atoms with Gasteiger partial charge < -0.3 is 5.32 Å². The summed E-state index contributed by atoms with van der Waals surface area (Å²) in [5.74, 6) is 0.237. The molecule has 0 saturated heterocycles. The van der Waals surface area contributed by atoms with E-state index in [1.165, 1.54) is 18.3 Å². The van der Waals surface area contributed by atoms with Crippen molar-refractivity contribution in [2.45, 2.75) is 44.7 Å². The van der Waals surface area contributed by atoms with Crippen molar-refractivity contribution in [3.63, 3.8) is 0 Å². The Hall–Kier alpha value is -1.59. The van der Waals surface area contributed by atoms with E-state index in [9.17, 15) is 13.2 Å². The standard InChI is InChI=1S/C13H19N5O3S3/c1-7(2)5-6-10-16-17-13(22-10)18-24(20,21)11-8(3)14-12(23-11)15-9(4)19/h7H,5-6H2,1-4H3,(H,17,18)(H,14,15,19). The lowest BCUT2D eigenvalue weighted by Gasteiger charge is -2.02. The maximum Gasteiger partial charge on any atom is 0.275 e. The van der Waals surface area contributed by atoms with Gasteiger partial charge >= 0.3 is 0 Å². The second-order valence-electron chi connectivity index (χ2n) is 5.61. The average Bonchev–Trinajstić information content (AvgIpc) is 3.02. The molecule has 0 radical (unpaired) electrons. The molecule has 24 heavy (non-hydrogen) atoms. The monoisotopic (exact) mass is 389 g/mol. The van der Waals surface area contributed by atoms with Gasteiger partial charge in [0.1, 0.15) is 5.01 Å². The van der Waals surface area contributed by atoms with E-state index in [2.05, 4.69) is 39.1 Å². The van der Waals surface area contributed by atoms with Gasteiger partial charge in [-0.15, -0.1) is 10.2 Å². The molecule has 0 saturated carbocycles. The van der Waals surface area contributed by atoms with Gasteiger partial charge in [-0.3, -0.25) is 9.52 Å². The molecule has 2 N–H and O–H groups in total. The Kier molecular flexibility index (Phi) is 5.88. The first-order valence-electron chi connectivity index (χ1n) is 7.27. The molecule has 0 aliphatic rings. The van der Waals surface area contributed by atoms with E-state index in [1.807, 2.05) is 0 Å². The number of sulfonamides is 1. The van der Waals surface area contributed by atoms with Gasteiger partial charge in [0.25, 0.3) is 10.0 Å². The number of aromatic nitrogens is 3. The van der Waals surface area contributed by atoms with Crippen LogP contribution in [0.25, 0.3) is 0 Å². The summed E-state index contributed by atoms with van der Waals surface area (Å²) in [4.78, 5) is 15.1. The molecule has 0 spiro atoms. The smallest absolute Gasteiger partial charge is 0.275 e. The van der Waals surface area contributed by atoms with Crippen molar-refractivity contribution in [3.05, 3.63) is 10.7 Å². The third-order valence-electron chi connectivity index (χ3n) is 2.91. The van der Waals surface area contributed by atoms with Gasteiger partial charge in [0.05, 0.1) is 5.69 Å². The van der Waals surface area contributed by atoms with Crippen molar-refractivity contribution in [2.75, 3.05) is 10.0 Å². The first kappa shape index (κ1) is 18.7. The SMILES string of the molecule is CC(=O)Nc1nc(C)c(S(=O)(=O)Nc2nnc(CCC(C)C)s2)s1. The molecular formula is C13H19N5O3S3. The minimum atomic E-state index is -3.81. The van der Waals surface area contributed by atoms with Crippen LogP contribution in [0.1, 0.15) is 37.9 Å². The predicted molar refractivity (Wildman–Crippen MR) is 95.0 cm³/mol. The number of hydrogen-bond acceptors (Lipinski definition) is 8. The normalized spacial score (nSPS) is 11.7. The van der Waals surface area contributed by atoms with Crippen LogP contribution in [0.4, 0.5) is 10.3 Å². The van der Waals surface area contributed by atoms with Gasteiger partial charge in [-0.05, 0) is 19.3 Å². The number of carbonyl (C=O) groups excluding carboxylic acids is 1. The molecule has 2 aromatic heterocycles. The summed E-state index contributed by atoms with van der Waals surface area (Å²) in [7, 11) is -3.81. The second kappa shape index (κ2) is 7.53. The molecule has 8 nitrogen and oxygen atoms in total. The van der Waals surface area contributed by atoms with E-state index in [0.717, 1.165) is 29.2 Å². The lowest BCUT2D eigenvalue weighted by Crippen LogP contribution is -2.12. The summed E-state index contributed by atoms with van der Waals surface area (Å²) >= 11 is 2.12. The fourth-order valence-electron chi connectivity index (χ4n) is 1.81. The van der Waals surface area contributed by atoms with Crippen LogP contribution in [0.2, 0.25) is 0 Å². The third kappa shape index (κ3) is 4.95. The van der Waals surface area contributed by atoms with Crippen LogP contribution < -0.4 is 10.0 Å². The first-order valence-corrected chi connectivity index (χ1v) is 10.4. The summed E-state index contributed by atoms with van der Waals surface area (Å²) in [6.07, 6.45) is 1.73. The Morgan fingerprint density at radius 2 is 1.92 bits per heavy atom. The number of rotatable bonds is 7. The molecule has 0 aliphatic carbocycles. The summed E-state index contributed by atoms with van der Waals surface area (Å²) in [5.41, 5.74) is 0.320. The Bertz CT molecular complexity index is 826. The second-order valence-corrected chi connectivity index (χ2v) is 9.55. The van der Waals surface area contributed by atoms with Crippen LogP contribution in [-0.4, -0.2) is 29.5 Å². The Morgan fingerprint density at radius 1 is 1.21 bits per heavy atom. The minimum Gasteiger partial charge on any atom is -0.302 e. The zero-order valence-electron chi connectivity index (χ0n) is 13.8. The lowest BCUT2D eigenvalue weighted by molar-refractivity contribution is -0.114. The zero-order chi connectivity index (χ0) is 17.9. The van der Waals surface area contributed by atoms with Crippen molar-refractivity contribution in [2.24, 2.45) is 5.92 Å². The van der Waals surface area contributed by atoms with Crippen LogP contribution in [0, 0.1) is 12.8 Å². The Morgan fingerprint density at radius 3 is 2.54 bits per heavy atom. The molecule has 0 bridgehead atoms. The van der Waals surface area contributed by atoms with Crippen LogP contribution in [0.15, 0.2) is 4.21 Å². The van der Waals surface area contributed by atoms with Crippen molar-refractivity contribution in [1.82, 2.24) is 15.2 Å². The van der Waals surface area contributed by atoms with Gasteiger partial charge in [-0.1, -0.05) is 36.5 Å². The molecule has 132 valence electrons. The number of nitrogens with zero attached hydrogens (tertiary/aromatic N) is 3.